The van der Waals surface area contributed by atoms with Crippen molar-refractivity contribution in [3.05, 3.63) is 11.6 Å². The van der Waals surface area contributed by atoms with Gasteiger partial charge in [-0.15, -0.1) is 0 Å². The van der Waals surface area contributed by atoms with Crippen molar-refractivity contribution in [2.45, 2.75) is 63.1 Å². The highest BCUT2D eigenvalue weighted by molar-refractivity contribution is 5.84. The van der Waals surface area contributed by atoms with Gasteiger partial charge in [0.2, 0.25) is 0 Å². The molecule has 0 radical (unpaired) electrons. The highest BCUT2D eigenvalue weighted by Crippen LogP contribution is 2.46. The molecule has 0 amide bonds. The average Bonchev–Trinajstić information content (AvgIpc) is 2.91. The number of aliphatic hydroxyl groups is 1. The zero-order valence-corrected chi connectivity index (χ0v) is 14.9. The molecule has 0 aliphatic carbocycles. The van der Waals surface area contributed by atoms with Crippen LogP contribution in [-0.2, 0) is 23.8 Å². The molecule has 7 heteroatoms. The lowest BCUT2D eigenvalue weighted by molar-refractivity contribution is -0.172. The van der Waals surface area contributed by atoms with Gasteiger partial charge in [0.1, 0.15) is 12.7 Å². The van der Waals surface area contributed by atoms with Gasteiger partial charge < -0.3 is 19.3 Å². The molecule has 7 nitrogen and oxygen atoms in total. The van der Waals surface area contributed by atoms with E-state index in [2.05, 4.69) is 4.90 Å². The SMILES string of the molecule is C[C@@H]1O[C@@]12C[C@H](C)[C@@](C)(O)C(=O)OCC1=CCN3CC[C@@H](OC2=O)[C@H]13. The Morgan fingerprint density at radius 3 is 2.68 bits per heavy atom. The molecule has 0 aromatic carbocycles. The fourth-order valence-corrected chi connectivity index (χ4v) is 4.31. The molecule has 0 aromatic heterocycles. The van der Waals surface area contributed by atoms with Gasteiger partial charge in [-0.3, -0.25) is 4.90 Å². The number of hydrogen-bond donors (Lipinski definition) is 1. The van der Waals surface area contributed by atoms with Crippen LogP contribution in [0.3, 0.4) is 0 Å². The van der Waals surface area contributed by atoms with Gasteiger partial charge >= 0.3 is 11.9 Å². The van der Waals surface area contributed by atoms with Gasteiger partial charge in [-0.1, -0.05) is 13.0 Å². The summed E-state index contributed by atoms with van der Waals surface area (Å²) in [5, 5.41) is 10.7. The molecule has 3 saturated heterocycles. The maximum atomic E-state index is 12.9. The van der Waals surface area contributed by atoms with E-state index in [1.54, 1.807) is 6.92 Å². The minimum Gasteiger partial charge on any atom is -0.459 e. The van der Waals surface area contributed by atoms with Gasteiger partial charge in [-0.25, -0.2) is 9.59 Å². The second-order valence-electron chi connectivity index (χ2n) is 7.93. The Morgan fingerprint density at radius 2 is 2.00 bits per heavy atom. The molecule has 0 unspecified atom stereocenters. The molecule has 4 rings (SSSR count). The van der Waals surface area contributed by atoms with E-state index in [4.69, 9.17) is 14.2 Å². The van der Waals surface area contributed by atoms with Crippen LogP contribution < -0.4 is 0 Å². The highest BCUT2D eigenvalue weighted by Gasteiger charge is 2.64. The summed E-state index contributed by atoms with van der Waals surface area (Å²) in [5.41, 5.74) is -1.82. The Hall–Kier alpha value is -1.44. The number of carbonyl (C=O) groups excluding carboxylic acids is 2. The second-order valence-corrected chi connectivity index (χ2v) is 7.93. The first-order valence-electron chi connectivity index (χ1n) is 8.97. The number of hydrogen-bond acceptors (Lipinski definition) is 7. The summed E-state index contributed by atoms with van der Waals surface area (Å²) in [6, 6.07) is -0.0512. The fourth-order valence-electron chi connectivity index (χ4n) is 4.31. The minimum atomic E-state index is -1.69. The smallest absolute Gasteiger partial charge is 0.341 e. The number of epoxide rings is 1. The van der Waals surface area contributed by atoms with Crippen molar-refractivity contribution in [2.24, 2.45) is 5.92 Å². The van der Waals surface area contributed by atoms with Crippen molar-refractivity contribution < 1.29 is 28.9 Å². The lowest BCUT2D eigenvalue weighted by Crippen LogP contribution is -2.48. The Bertz CT molecular complexity index is 643. The predicted molar refractivity (Wildman–Crippen MR) is 86.6 cm³/mol. The van der Waals surface area contributed by atoms with E-state index < -0.39 is 23.1 Å². The third-order valence-corrected chi connectivity index (χ3v) is 6.36. The second kappa shape index (κ2) is 5.53. The van der Waals surface area contributed by atoms with E-state index in [1.807, 2.05) is 13.0 Å². The fraction of sp³-hybridized carbons (Fsp3) is 0.778. The zero-order chi connectivity index (χ0) is 18.0. The molecule has 0 saturated carbocycles. The third kappa shape index (κ3) is 2.52. The van der Waals surface area contributed by atoms with Gasteiger partial charge in [0.25, 0.3) is 0 Å². The summed E-state index contributed by atoms with van der Waals surface area (Å²) in [6.07, 6.45) is 2.48. The predicted octanol–water partition coefficient (Wildman–Crippen LogP) is 0.404. The molecule has 0 aromatic rings. The van der Waals surface area contributed by atoms with Gasteiger partial charge in [0.05, 0.1) is 12.1 Å². The molecule has 4 aliphatic heterocycles. The maximum Gasteiger partial charge on any atom is 0.341 e. The van der Waals surface area contributed by atoms with Crippen molar-refractivity contribution >= 4 is 11.9 Å². The standard InChI is InChI=1S/C18H25NO6/c1-10-8-18(11(2)25-18)16(21)24-13-5-7-19-6-4-12(14(13)19)9-23-15(20)17(10,3)22/h4,10-11,13-14,22H,5-9H2,1-3H3/t10-,11-,13+,14-,17+,18-/m0/s1. The Balaban J connectivity index is 1.66. The maximum absolute atomic E-state index is 12.9. The van der Waals surface area contributed by atoms with E-state index in [9.17, 15) is 14.7 Å². The molecule has 3 fully saturated rings. The summed E-state index contributed by atoms with van der Waals surface area (Å²) in [5.74, 6) is -1.55. The number of nitrogens with zero attached hydrogens (tertiary/aromatic N) is 1. The number of carbonyl (C=O) groups is 2. The van der Waals surface area contributed by atoms with Crippen molar-refractivity contribution in [3.63, 3.8) is 0 Å². The molecule has 1 N–H and O–H groups in total. The Labute approximate surface area is 146 Å². The average molecular weight is 351 g/mol. The van der Waals surface area contributed by atoms with Crippen LogP contribution in [0, 0.1) is 5.92 Å². The summed E-state index contributed by atoms with van der Waals surface area (Å²) < 4.78 is 16.9. The lowest BCUT2D eigenvalue weighted by atomic mass is 9.82. The van der Waals surface area contributed by atoms with E-state index in [0.29, 0.717) is 0 Å². The van der Waals surface area contributed by atoms with Crippen molar-refractivity contribution in [1.82, 2.24) is 4.90 Å². The van der Waals surface area contributed by atoms with Crippen molar-refractivity contribution in [3.8, 4) is 0 Å². The summed E-state index contributed by atoms with van der Waals surface area (Å²) in [7, 11) is 0. The minimum absolute atomic E-state index is 0.0512. The number of ether oxygens (including phenoxy) is 3. The molecule has 4 heterocycles. The van der Waals surface area contributed by atoms with E-state index in [-0.39, 0.29) is 37.2 Å². The van der Waals surface area contributed by atoms with Gasteiger partial charge in [0, 0.05) is 13.1 Å². The molecular formula is C18H25NO6. The monoisotopic (exact) mass is 351 g/mol. The number of cyclic esters (lactones) is 1. The van der Waals surface area contributed by atoms with Gasteiger partial charge in [-0.05, 0) is 38.2 Å². The molecule has 6 atom stereocenters. The number of esters is 2. The van der Waals surface area contributed by atoms with Gasteiger partial charge in [-0.2, -0.15) is 0 Å². The molecule has 138 valence electrons. The Morgan fingerprint density at radius 1 is 1.28 bits per heavy atom. The lowest BCUT2D eigenvalue weighted by Gasteiger charge is -2.32. The number of rotatable bonds is 0. The third-order valence-electron chi connectivity index (χ3n) is 6.36. The van der Waals surface area contributed by atoms with Crippen molar-refractivity contribution in [2.75, 3.05) is 19.7 Å². The van der Waals surface area contributed by atoms with Crippen LogP contribution in [-0.4, -0.2) is 71.1 Å². The van der Waals surface area contributed by atoms with Gasteiger partial charge in [0.15, 0.2) is 11.2 Å². The molecular weight excluding hydrogens is 326 g/mol. The summed E-state index contributed by atoms with van der Waals surface area (Å²) in [4.78, 5) is 27.5. The zero-order valence-electron chi connectivity index (χ0n) is 14.9. The molecule has 1 spiro atoms. The summed E-state index contributed by atoms with van der Waals surface area (Å²) >= 11 is 0. The summed E-state index contributed by atoms with van der Waals surface area (Å²) in [6.45, 7) is 6.70. The van der Waals surface area contributed by atoms with Crippen molar-refractivity contribution in [1.29, 1.82) is 0 Å². The van der Waals surface area contributed by atoms with Crippen LogP contribution in [0.15, 0.2) is 11.6 Å². The molecule has 0 bridgehead atoms. The van der Waals surface area contributed by atoms with Crippen LogP contribution in [0.4, 0.5) is 0 Å². The molecule has 25 heavy (non-hydrogen) atoms. The van der Waals surface area contributed by atoms with E-state index in [0.717, 1.165) is 25.1 Å². The normalized spacial score (nSPS) is 47.4. The first-order chi connectivity index (χ1) is 11.8. The topological polar surface area (TPSA) is 88.6 Å². The highest BCUT2D eigenvalue weighted by atomic mass is 16.7. The van der Waals surface area contributed by atoms with Crippen LogP contribution in [0.5, 0.6) is 0 Å². The first kappa shape index (κ1) is 17.0. The first-order valence-corrected chi connectivity index (χ1v) is 8.97. The van der Waals surface area contributed by atoms with E-state index >= 15 is 0 Å². The molecule has 4 aliphatic rings. The quantitative estimate of drug-likeness (QED) is 0.384. The van der Waals surface area contributed by atoms with Crippen LogP contribution in [0.25, 0.3) is 0 Å². The van der Waals surface area contributed by atoms with E-state index in [1.165, 1.54) is 6.92 Å². The Kier molecular flexibility index (Phi) is 3.76. The largest absolute Gasteiger partial charge is 0.459 e. The van der Waals surface area contributed by atoms with Crippen LogP contribution in [0.2, 0.25) is 0 Å². The van der Waals surface area contributed by atoms with Crippen LogP contribution >= 0.6 is 0 Å². The van der Waals surface area contributed by atoms with Crippen LogP contribution in [0.1, 0.15) is 33.6 Å².